The molecule has 2 aromatic rings. The lowest BCUT2D eigenvalue weighted by Gasteiger charge is -2.21. The molecule has 2 rings (SSSR count). The van der Waals surface area contributed by atoms with Gasteiger partial charge >= 0.3 is 0 Å². The summed E-state index contributed by atoms with van der Waals surface area (Å²) in [6, 6.07) is 10.8. The molecule has 1 heterocycles. The second kappa shape index (κ2) is 6.20. The summed E-state index contributed by atoms with van der Waals surface area (Å²) in [5, 5.41) is 0.843. The molecular formula is C16H19BrN2. The van der Waals surface area contributed by atoms with Crippen molar-refractivity contribution in [3.8, 4) is 0 Å². The third-order valence-corrected chi connectivity index (χ3v) is 3.96. The molecule has 0 atom stereocenters. The normalized spacial score (nSPS) is 10.5. The average molecular weight is 319 g/mol. The number of nitrogens with zero attached hydrogens (tertiary/aromatic N) is 2. The van der Waals surface area contributed by atoms with Crippen molar-refractivity contribution in [3.05, 3.63) is 53.2 Å². The summed E-state index contributed by atoms with van der Waals surface area (Å²) in [5.74, 6) is 1.01. The number of aryl methyl sites for hydroxylation is 2. The Labute approximate surface area is 123 Å². The molecule has 0 saturated carbocycles. The quantitative estimate of drug-likeness (QED) is 0.765. The standard InChI is InChI=1S/C16H19BrN2/c1-4-13-5-7-15(8-6-13)19(3)16-12(2)9-14(10-17)11-18-16/h5-9,11H,4,10H2,1-3H3. The van der Waals surface area contributed by atoms with E-state index >= 15 is 0 Å². The fourth-order valence-corrected chi connectivity index (χ4v) is 2.43. The Balaban J connectivity index is 2.29. The summed E-state index contributed by atoms with van der Waals surface area (Å²) in [5.41, 5.74) is 4.92. The number of hydrogen-bond acceptors (Lipinski definition) is 2. The third-order valence-electron chi connectivity index (χ3n) is 3.31. The van der Waals surface area contributed by atoms with Crippen molar-refractivity contribution in [2.75, 3.05) is 11.9 Å². The number of pyridine rings is 1. The number of halogens is 1. The van der Waals surface area contributed by atoms with Gasteiger partial charge in [-0.25, -0.2) is 4.98 Å². The molecular weight excluding hydrogens is 300 g/mol. The number of hydrogen-bond donors (Lipinski definition) is 0. The zero-order valence-electron chi connectivity index (χ0n) is 11.7. The van der Waals surface area contributed by atoms with Crippen LogP contribution in [0.25, 0.3) is 0 Å². The van der Waals surface area contributed by atoms with Crippen LogP contribution in [0.3, 0.4) is 0 Å². The Kier molecular flexibility index (Phi) is 4.59. The highest BCUT2D eigenvalue weighted by Crippen LogP contribution is 2.25. The van der Waals surface area contributed by atoms with Gasteiger partial charge in [0.05, 0.1) is 0 Å². The van der Waals surface area contributed by atoms with Crippen molar-refractivity contribution < 1.29 is 0 Å². The SMILES string of the molecule is CCc1ccc(N(C)c2ncc(CBr)cc2C)cc1. The lowest BCUT2D eigenvalue weighted by atomic mass is 10.1. The van der Waals surface area contributed by atoms with Crippen LogP contribution in [-0.4, -0.2) is 12.0 Å². The number of aromatic nitrogens is 1. The minimum atomic E-state index is 0.843. The second-order valence-corrected chi connectivity index (χ2v) is 5.26. The molecule has 0 unspecified atom stereocenters. The van der Waals surface area contributed by atoms with E-state index in [0.29, 0.717) is 0 Å². The van der Waals surface area contributed by atoms with Gasteiger partial charge in [-0.2, -0.15) is 0 Å². The van der Waals surface area contributed by atoms with Gasteiger partial charge in [-0.15, -0.1) is 0 Å². The monoisotopic (exact) mass is 318 g/mol. The van der Waals surface area contributed by atoms with Crippen LogP contribution in [0.2, 0.25) is 0 Å². The van der Waals surface area contributed by atoms with E-state index in [1.54, 1.807) is 0 Å². The molecule has 0 N–H and O–H groups in total. The topological polar surface area (TPSA) is 16.1 Å². The van der Waals surface area contributed by atoms with Crippen LogP contribution in [0.1, 0.15) is 23.6 Å². The Hall–Kier alpha value is -1.35. The third kappa shape index (κ3) is 3.16. The largest absolute Gasteiger partial charge is 0.329 e. The fourth-order valence-electron chi connectivity index (χ4n) is 2.13. The highest BCUT2D eigenvalue weighted by atomic mass is 79.9. The molecule has 0 aliphatic rings. The number of rotatable bonds is 4. The molecule has 100 valence electrons. The van der Waals surface area contributed by atoms with Gasteiger partial charge in [0.2, 0.25) is 0 Å². The van der Waals surface area contributed by atoms with E-state index < -0.39 is 0 Å². The minimum absolute atomic E-state index is 0.843. The van der Waals surface area contributed by atoms with Crippen molar-refractivity contribution in [2.24, 2.45) is 0 Å². The molecule has 2 nitrogen and oxygen atoms in total. The summed E-state index contributed by atoms with van der Waals surface area (Å²) in [6.07, 6.45) is 3.00. The summed E-state index contributed by atoms with van der Waals surface area (Å²) >= 11 is 3.46. The molecule has 0 radical (unpaired) electrons. The van der Waals surface area contributed by atoms with Crippen LogP contribution < -0.4 is 4.90 Å². The summed E-state index contributed by atoms with van der Waals surface area (Å²) in [4.78, 5) is 6.70. The van der Waals surface area contributed by atoms with Gasteiger partial charge in [-0.3, -0.25) is 0 Å². The Morgan fingerprint density at radius 1 is 1.16 bits per heavy atom. The maximum Gasteiger partial charge on any atom is 0.135 e. The first kappa shape index (κ1) is 14.1. The van der Waals surface area contributed by atoms with Crippen molar-refractivity contribution in [2.45, 2.75) is 25.6 Å². The first-order chi connectivity index (χ1) is 9.15. The van der Waals surface area contributed by atoms with Gasteiger partial charge in [0.1, 0.15) is 5.82 Å². The van der Waals surface area contributed by atoms with Crippen LogP contribution in [0.5, 0.6) is 0 Å². The molecule has 0 fully saturated rings. The molecule has 19 heavy (non-hydrogen) atoms. The maximum atomic E-state index is 4.56. The van der Waals surface area contributed by atoms with E-state index in [-0.39, 0.29) is 0 Å². The lowest BCUT2D eigenvalue weighted by Crippen LogP contribution is -2.12. The molecule has 0 saturated heterocycles. The predicted octanol–water partition coefficient (Wildman–Crippen LogP) is 4.62. The van der Waals surface area contributed by atoms with E-state index in [1.807, 2.05) is 6.20 Å². The van der Waals surface area contributed by atoms with Crippen LogP contribution in [0.4, 0.5) is 11.5 Å². The first-order valence-corrected chi connectivity index (χ1v) is 7.62. The van der Waals surface area contributed by atoms with Gasteiger partial charge < -0.3 is 4.90 Å². The molecule has 0 spiro atoms. The van der Waals surface area contributed by atoms with E-state index in [2.05, 4.69) is 77.0 Å². The van der Waals surface area contributed by atoms with Crippen LogP contribution in [-0.2, 0) is 11.8 Å². The van der Waals surface area contributed by atoms with Crippen LogP contribution >= 0.6 is 15.9 Å². The average Bonchev–Trinajstić information content (AvgIpc) is 2.46. The Bertz CT molecular complexity index is 549. The highest BCUT2D eigenvalue weighted by molar-refractivity contribution is 9.08. The van der Waals surface area contributed by atoms with Gasteiger partial charge in [0.25, 0.3) is 0 Å². The first-order valence-electron chi connectivity index (χ1n) is 6.50. The number of anilines is 2. The molecule has 0 amide bonds. The minimum Gasteiger partial charge on any atom is -0.329 e. The van der Waals surface area contributed by atoms with E-state index in [4.69, 9.17) is 0 Å². The second-order valence-electron chi connectivity index (χ2n) is 4.70. The summed E-state index contributed by atoms with van der Waals surface area (Å²) in [6.45, 7) is 4.27. The zero-order valence-corrected chi connectivity index (χ0v) is 13.2. The summed E-state index contributed by atoms with van der Waals surface area (Å²) in [7, 11) is 2.06. The zero-order chi connectivity index (χ0) is 13.8. The number of benzene rings is 1. The van der Waals surface area contributed by atoms with Crippen molar-refractivity contribution in [1.82, 2.24) is 4.98 Å². The van der Waals surface area contributed by atoms with Crippen molar-refractivity contribution in [1.29, 1.82) is 0 Å². The van der Waals surface area contributed by atoms with Crippen molar-refractivity contribution >= 4 is 27.4 Å². The van der Waals surface area contributed by atoms with Gasteiger partial charge in [-0.1, -0.05) is 41.1 Å². The van der Waals surface area contributed by atoms with Crippen LogP contribution in [0.15, 0.2) is 36.5 Å². The van der Waals surface area contributed by atoms with Gasteiger partial charge in [-0.05, 0) is 42.2 Å². The number of alkyl halides is 1. The Morgan fingerprint density at radius 3 is 2.37 bits per heavy atom. The highest BCUT2D eigenvalue weighted by Gasteiger charge is 2.09. The molecule has 1 aromatic heterocycles. The smallest absolute Gasteiger partial charge is 0.135 e. The van der Waals surface area contributed by atoms with Gasteiger partial charge in [0, 0.05) is 24.3 Å². The maximum absolute atomic E-state index is 4.56. The van der Waals surface area contributed by atoms with Crippen molar-refractivity contribution in [3.63, 3.8) is 0 Å². The lowest BCUT2D eigenvalue weighted by molar-refractivity contribution is 1.08. The molecule has 3 heteroatoms. The van der Waals surface area contributed by atoms with Crippen LogP contribution in [0, 0.1) is 6.92 Å². The predicted molar refractivity (Wildman–Crippen MR) is 85.5 cm³/mol. The van der Waals surface area contributed by atoms with E-state index in [0.717, 1.165) is 17.6 Å². The molecule has 0 aliphatic heterocycles. The molecule has 0 aliphatic carbocycles. The molecule has 1 aromatic carbocycles. The fraction of sp³-hybridized carbons (Fsp3) is 0.312. The van der Waals surface area contributed by atoms with Gasteiger partial charge in [0.15, 0.2) is 0 Å². The van der Waals surface area contributed by atoms with E-state index in [9.17, 15) is 0 Å². The van der Waals surface area contributed by atoms with E-state index in [1.165, 1.54) is 22.4 Å². The summed E-state index contributed by atoms with van der Waals surface area (Å²) < 4.78 is 0. The Morgan fingerprint density at radius 2 is 1.84 bits per heavy atom. The molecule has 0 bridgehead atoms.